The molecule has 1 fully saturated rings. The number of benzene rings is 1. The normalized spacial score (nSPS) is 18.2. The van der Waals surface area contributed by atoms with Gasteiger partial charge in [-0.15, -0.1) is 0 Å². The highest BCUT2D eigenvalue weighted by Gasteiger charge is 2.31. The second kappa shape index (κ2) is 7.72. The van der Waals surface area contributed by atoms with Crippen LogP contribution in [0.1, 0.15) is 18.5 Å². The number of rotatable bonds is 6. The van der Waals surface area contributed by atoms with Gasteiger partial charge in [-0.05, 0) is 25.0 Å². The molecule has 9 nitrogen and oxygen atoms in total. The molecule has 0 saturated carbocycles. The van der Waals surface area contributed by atoms with Crippen molar-refractivity contribution in [1.82, 2.24) is 19.4 Å². The molecule has 0 spiro atoms. The fraction of sp³-hybridized carbons (Fsp3) is 0.389. The van der Waals surface area contributed by atoms with Crippen molar-refractivity contribution >= 4 is 21.0 Å². The zero-order valence-corrected chi connectivity index (χ0v) is 16.1. The number of fused-ring (bicyclic) bond motifs is 1. The Labute approximate surface area is 162 Å². The molecular weight excluding hydrogens is 384 g/mol. The summed E-state index contributed by atoms with van der Waals surface area (Å²) < 4.78 is 43.4. The van der Waals surface area contributed by atoms with E-state index in [1.165, 1.54) is 17.6 Å². The summed E-state index contributed by atoms with van der Waals surface area (Å²) in [5.41, 5.74) is 0.990. The first kappa shape index (κ1) is 18.6. The van der Waals surface area contributed by atoms with Gasteiger partial charge in [0.15, 0.2) is 5.58 Å². The van der Waals surface area contributed by atoms with Crippen LogP contribution in [0.25, 0.3) is 11.0 Å². The van der Waals surface area contributed by atoms with Gasteiger partial charge in [0.2, 0.25) is 15.9 Å². The third-order valence-electron chi connectivity index (χ3n) is 4.58. The predicted molar refractivity (Wildman–Crippen MR) is 100 cm³/mol. The van der Waals surface area contributed by atoms with Gasteiger partial charge in [-0.2, -0.15) is 9.29 Å². The molecule has 0 aliphatic carbocycles. The van der Waals surface area contributed by atoms with Crippen LogP contribution in [-0.2, 0) is 15.8 Å². The molecule has 28 heavy (non-hydrogen) atoms. The van der Waals surface area contributed by atoms with Gasteiger partial charge in [0.1, 0.15) is 17.6 Å². The van der Waals surface area contributed by atoms with Crippen LogP contribution >= 0.6 is 0 Å². The number of hydrogen-bond acceptors (Lipinski definition) is 8. The maximum atomic E-state index is 12.9. The van der Waals surface area contributed by atoms with Crippen molar-refractivity contribution in [3.63, 3.8) is 0 Å². The second-order valence-corrected chi connectivity index (χ2v) is 8.47. The maximum Gasteiger partial charge on any atom is 0.319 e. The van der Waals surface area contributed by atoms with Crippen LogP contribution in [0, 0.1) is 0 Å². The SMILES string of the molecule is COc1nccc(OC2CCCN(S(=O)(=O)Cc3noc4ccccc34)C2)n1. The van der Waals surface area contributed by atoms with Gasteiger partial charge >= 0.3 is 6.01 Å². The topological polar surface area (TPSA) is 108 Å². The quantitative estimate of drug-likeness (QED) is 0.614. The monoisotopic (exact) mass is 404 g/mol. The molecule has 4 rings (SSSR count). The Hall–Kier alpha value is -2.72. The fourth-order valence-corrected chi connectivity index (χ4v) is 4.76. The Morgan fingerprint density at radius 3 is 3.00 bits per heavy atom. The summed E-state index contributed by atoms with van der Waals surface area (Å²) in [7, 11) is -2.09. The second-order valence-electron chi connectivity index (χ2n) is 6.50. The number of ether oxygens (including phenoxy) is 2. The van der Waals surface area contributed by atoms with E-state index in [9.17, 15) is 8.42 Å². The van der Waals surface area contributed by atoms with Crippen molar-refractivity contribution in [3.8, 4) is 11.9 Å². The molecule has 1 aliphatic rings. The van der Waals surface area contributed by atoms with E-state index in [1.54, 1.807) is 18.2 Å². The minimum atomic E-state index is -3.56. The number of para-hydroxylation sites is 1. The molecule has 2 aromatic heterocycles. The molecule has 0 bridgehead atoms. The Kier molecular flexibility index (Phi) is 5.14. The van der Waals surface area contributed by atoms with Gasteiger partial charge in [-0.1, -0.05) is 17.3 Å². The van der Waals surface area contributed by atoms with E-state index in [1.807, 2.05) is 12.1 Å². The highest BCUT2D eigenvalue weighted by Crippen LogP contribution is 2.24. The Morgan fingerprint density at radius 2 is 2.14 bits per heavy atom. The number of sulfonamides is 1. The van der Waals surface area contributed by atoms with E-state index < -0.39 is 10.0 Å². The van der Waals surface area contributed by atoms with E-state index in [0.29, 0.717) is 35.5 Å². The molecule has 0 N–H and O–H groups in total. The summed E-state index contributed by atoms with van der Waals surface area (Å²) in [5.74, 6) is 0.150. The lowest BCUT2D eigenvalue weighted by Gasteiger charge is -2.31. The molecule has 0 radical (unpaired) electrons. The Balaban J connectivity index is 1.47. The fourth-order valence-electron chi connectivity index (χ4n) is 3.22. The average molecular weight is 404 g/mol. The van der Waals surface area contributed by atoms with E-state index in [-0.39, 0.29) is 24.4 Å². The number of methoxy groups -OCH3 is 1. The molecular formula is C18H20N4O5S. The number of aromatic nitrogens is 3. The van der Waals surface area contributed by atoms with Gasteiger partial charge in [0.25, 0.3) is 0 Å². The van der Waals surface area contributed by atoms with Crippen LogP contribution in [0.15, 0.2) is 41.1 Å². The largest absolute Gasteiger partial charge is 0.473 e. The van der Waals surface area contributed by atoms with E-state index in [4.69, 9.17) is 14.0 Å². The molecule has 1 aliphatic heterocycles. The standard InChI is InChI=1S/C18H20N4O5S/c1-25-18-19-9-8-17(20-18)26-13-5-4-10-22(11-13)28(23,24)12-15-14-6-2-3-7-16(14)27-21-15/h2-3,6-9,13H,4-5,10-12H2,1H3. The average Bonchev–Trinajstić information content (AvgIpc) is 3.11. The molecule has 1 saturated heterocycles. The summed E-state index contributed by atoms with van der Waals surface area (Å²) >= 11 is 0. The van der Waals surface area contributed by atoms with Gasteiger partial charge in [-0.25, -0.2) is 13.4 Å². The molecule has 0 amide bonds. The van der Waals surface area contributed by atoms with E-state index >= 15 is 0 Å². The zero-order valence-electron chi connectivity index (χ0n) is 15.3. The number of hydrogen-bond donors (Lipinski definition) is 0. The summed E-state index contributed by atoms with van der Waals surface area (Å²) in [6.07, 6.45) is 2.68. The molecule has 3 aromatic rings. The van der Waals surface area contributed by atoms with E-state index in [2.05, 4.69) is 15.1 Å². The lowest BCUT2D eigenvalue weighted by molar-refractivity contribution is 0.123. The lowest BCUT2D eigenvalue weighted by atomic mass is 10.1. The van der Waals surface area contributed by atoms with Gasteiger partial charge in [-0.3, -0.25) is 0 Å². The molecule has 1 aromatic carbocycles. The van der Waals surface area contributed by atoms with Crippen LogP contribution in [0.3, 0.4) is 0 Å². The first-order chi connectivity index (χ1) is 13.5. The number of piperidine rings is 1. The van der Waals surface area contributed by atoms with Crippen molar-refractivity contribution in [2.45, 2.75) is 24.7 Å². The third kappa shape index (κ3) is 3.92. The van der Waals surface area contributed by atoms with Gasteiger partial charge < -0.3 is 14.0 Å². The van der Waals surface area contributed by atoms with Gasteiger partial charge in [0.05, 0.1) is 13.7 Å². The first-order valence-corrected chi connectivity index (χ1v) is 10.5. The molecule has 10 heteroatoms. The van der Waals surface area contributed by atoms with Gasteiger partial charge in [0, 0.05) is 24.2 Å². The third-order valence-corrected chi connectivity index (χ3v) is 6.34. The summed E-state index contributed by atoms with van der Waals surface area (Å²) in [6, 6.07) is 9.05. The molecule has 1 unspecified atom stereocenters. The summed E-state index contributed by atoms with van der Waals surface area (Å²) in [6.45, 7) is 0.704. The zero-order chi connectivity index (χ0) is 19.6. The first-order valence-electron chi connectivity index (χ1n) is 8.90. The lowest BCUT2D eigenvalue weighted by Crippen LogP contribution is -2.44. The van der Waals surface area contributed by atoms with Crippen molar-refractivity contribution in [3.05, 3.63) is 42.2 Å². The Morgan fingerprint density at radius 1 is 1.29 bits per heavy atom. The Bertz CT molecular complexity index is 1070. The van der Waals surface area contributed by atoms with Crippen LogP contribution in [0.5, 0.6) is 11.9 Å². The van der Waals surface area contributed by atoms with Crippen LogP contribution in [0.2, 0.25) is 0 Å². The maximum absolute atomic E-state index is 12.9. The van der Waals surface area contributed by atoms with Crippen molar-refractivity contribution in [2.75, 3.05) is 20.2 Å². The highest BCUT2D eigenvalue weighted by atomic mass is 32.2. The minimum absolute atomic E-state index is 0.204. The highest BCUT2D eigenvalue weighted by molar-refractivity contribution is 7.88. The van der Waals surface area contributed by atoms with Crippen LogP contribution in [0.4, 0.5) is 0 Å². The molecule has 1 atom stereocenters. The summed E-state index contributed by atoms with van der Waals surface area (Å²) in [5, 5.41) is 4.65. The molecule has 148 valence electrons. The smallest absolute Gasteiger partial charge is 0.319 e. The van der Waals surface area contributed by atoms with Crippen molar-refractivity contribution < 1.29 is 22.4 Å². The summed E-state index contributed by atoms with van der Waals surface area (Å²) in [4.78, 5) is 8.06. The van der Waals surface area contributed by atoms with Crippen LogP contribution < -0.4 is 9.47 Å². The minimum Gasteiger partial charge on any atom is -0.473 e. The molecule has 3 heterocycles. The van der Waals surface area contributed by atoms with E-state index in [0.717, 1.165) is 6.42 Å². The van der Waals surface area contributed by atoms with Crippen molar-refractivity contribution in [2.24, 2.45) is 0 Å². The van der Waals surface area contributed by atoms with Crippen LogP contribution in [-0.4, -0.2) is 54.2 Å². The predicted octanol–water partition coefficient (Wildman–Crippen LogP) is 2.00. The number of nitrogens with zero attached hydrogens (tertiary/aromatic N) is 4. The van der Waals surface area contributed by atoms with Crippen molar-refractivity contribution in [1.29, 1.82) is 0 Å².